The molecule has 4 rings (SSSR count). The highest BCUT2D eigenvalue weighted by molar-refractivity contribution is 6.01. The van der Waals surface area contributed by atoms with Gasteiger partial charge < -0.3 is 16.4 Å². The molecule has 0 saturated heterocycles. The Morgan fingerprint density at radius 3 is 2.42 bits per heavy atom. The van der Waals surface area contributed by atoms with Gasteiger partial charge in [-0.1, -0.05) is 48.5 Å². The van der Waals surface area contributed by atoms with E-state index in [-0.39, 0.29) is 5.91 Å². The molecule has 0 aromatic heterocycles. The van der Waals surface area contributed by atoms with Gasteiger partial charge in [0.2, 0.25) is 5.91 Å². The van der Waals surface area contributed by atoms with Crippen LogP contribution in [0.1, 0.15) is 51.1 Å². The maximum Gasteiger partial charge on any atom is 0.257 e. The molecule has 0 fully saturated rings. The second kappa shape index (κ2) is 8.33. The summed E-state index contributed by atoms with van der Waals surface area (Å²) in [5.74, 6) is -0.995. The predicted molar refractivity (Wildman–Crippen MR) is 118 cm³/mol. The Morgan fingerprint density at radius 1 is 1.03 bits per heavy atom. The third-order valence-corrected chi connectivity index (χ3v) is 5.75. The molecule has 0 heterocycles. The molecule has 31 heavy (non-hydrogen) atoms. The molecule has 3 aromatic carbocycles. The van der Waals surface area contributed by atoms with E-state index < -0.39 is 18.0 Å². The molecular formula is C25H22N4O2. The largest absolute Gasteiger partial charge is 0.398 e. The highest BCUT2D eigenvalue weighted by Crippen LogP contribution is 2.41. The van der Waals surface area contributed by atoms with Gasteiger partial charge in [0.15, 0.2) is 0 Å². The first-order chi connectivity index (χ1) is 15.0. The molecule has 1 unspecified atom stereocenters. The van der Waals surface area contributed by atoms with Crippen LogP contribution in [0.25, 0.3) is 0 Å². The molecule has 0 spiro atoms. The van der Waals surface area contributed by atoms with Gasteiger partial charge in [-0.15, -0.1) is 0 Å². The molecule has 0 saturated carbocycles. The Morgan fingerprint density at radius 2 is 1.74 bits per heavy atom. The average Bonchev–Trinajstić information content (AvgIpc) is 3.20. The molecule has 3 aromatic rings. The molecule has 0 bridgehead atoms. The number of carbonyl (C=O) groups excluding carboxylic acids is 2. The molecule has 1 aliphatic rings. The summed E-state index contributed by atoms with van der Waals surface area (Å²) in [4.78, 5) is 28.0. The fourth-order valence-corrected chi connectivity index (χ4v) is 4.31. The predicted octanol–water partition coefficient (Wildman–Crippen LogP) is 3.50. The van der Waals surface area contributed by atoms with Crippen molar-refractivity contribution >= 4 is 17.5 Å². The second-order valence-corrected chi connectivity index (χ2v) is 7.60. The van der Waals surface area contributed by atoms with Crippen LogP contribution in [-0.2, 0) is 11.2 Å². The zero-order valence-electron chi connectivity index (χ0n) is 16.9. The van der Waals surface area contributed by atoms with Crippen molar-refractivity contribution in [1.82, 2.24) is 4.90 Å². The Balaban J connectivity index is 1.89. The molecule has 4 N–H and O–H groups in total. The van der Waals surface area contributed by atoms with E-state index in [1.165, 1.54) is 4.90 Å². The summed E-state index contributed by atoms with van der Waals surface area (Å²) in [5.41, 5.74) is 15.7. The van der Waals surface area contributed by atoms with Crippen LogP contribution < -0.4 is 11.5 Å². The average molecular weight is 410 g/mol. The number of nitrogen functional groups attached to an aromatic ring is 1. The van der Waals surface area contributed by atoms with Crippen LogP contribution in [0.4, 0.5) is 5.69 Å². The number of nitriles is 1. The van der Waals surface area contributed by atoms with E-state index in [1.807, 2.05) is 12.1 Å². The standard InChI is InChI=1S/C25H22N4O2/c26-15-16-10-11-17-12-13-22(20(17)14-16)29(25(31)19-8-4-5-9-21(19)27)23(24(28)30)18-6-2-1-3-7-18/h1-11,14,22-23H,12-13,27H2,(H2,28,30)/t22-,23?/m1/s1. The monoisotopic (exact) mass is 410 g/mol. The number of hydrogen-bond acceptors (Lipinski definition) is 4. The first kappa shape index (κ1) is 20.2. The van der Waals surface area contributed by atoms with E-state index in [2.05, 4.69) is 6.07 Å². The smallest absolute Gasteiger partial charge is 0.257 e. The molecular weight excluding hydrogens is 388 g/mol. The lowest BCUT2D eigenvalue weighted by Crippen LogP contribution is -2.43. The Hall–Kier alpha value is -4.11. The highest BCUT2D eigenvalue weighted by Gasteiger charge is 2.39. The van der Waals surface area contributed by atoms with Crippen molar-refractivity contribution in [3.05, 3.63) is 101 Å². The number of nitrogens with two attached hydrogens (primary N) is 2. The summed E-state index contributed by atoms with van der Waals surface area (Å²) < 4.78 is 0. The van der Waals surface area contributed by atoms with E-state index in [0.717, 1.165) is 17.5 Å². The zero-order chi connectivity index (χ0) is 22.0. The Kier molecular flexibility index (Phi) is 5.42. The number of para-hydroxylation sites is 1. The number of carbonyl (C=O) groups is 2. The van der Waals surface area contributed by atoms with E-state index in [9.17, 15) is 14.9 Å². The van der Waals surface area contributed by atoms with E-state index in [1.54, 1.807) is 60.7 Å². The van der Waals surface area contributed by atoms with Crippen molar-refractivity contribution in [2.75, 3.05) is 5.73 Å². The number of hydrogen-bond donors (Lipinski definition) is 2. The van der Waals surface area contributed by atoms with Crippen molar-refractivity contribution in [3.8, 4) is 6.07 Å². The fourth-order valence-electron chi connectivity index (χ4n) is 4.31. The summed E-state index contributed by atoms with van der Waals surface area (Å²) in [6.07, 6.45) is 1.36. The molecule has 1 aliphatic carbocycles. The van der Waals surface area contributed by atoms with Crippen LogP contribution in [-0.4, -0.2) is 16.7 Å². The fraction of sp³-hybridized carbons (Fsp3) is 0.160. The molecule has 2 amide bonds. The minimum absolute atomic E-state index is 0.314. The van der Waals surface area contributed by atoms with E-state index in [0.29, 0.717) is 28.8 Å². The minimum atomic E-state index is -0.977. The maximum atomic E-state index is 13.8. The number of amides is 2. The number of primary amides is 1. The van der Waals surface area contributed by atoms with Gasteiger partial charge >= 0.3 is 0 Å². The summed E-state index contributed by atoms with van der Waals surface area (Å²) >= 11 is 0. The Labute approximate surface area is 180 Å². The van der Waals surface area contributed by atoms with Gasteiger partial charge in [-0.3, -0.25) is 9.59 Å². The number of benzene rings is 3. The Bertz CT molecular complexity index is 1180. The molecule has 6 nitrogen and oxygen atoms in total. The highest BCUT2D eigenvalue weighted by atomic mass is 16.2. The molecule has 6 heteroatoms. The van der Waals surface area contributed by atoms with Crippen LogP contribution in [0.2, 0.25) is 0 Å². The summed E-state index contributed by atoms with van der Waals surface area (Å²) in [7, 11) is 0. The third-order valence-electron chi connectivity index (χ3n) is 5.75. The molecule has 0 aliphatic heterocycles. The summed E-state index contributed by atoms with van der Waals surface area (Å²) in [5, 5.41) is 9.37. The van der Waals surface area contributed by atoms with Crippen molar-refractivity contribution < 1.29 is 9.59 Å². The van der Waals surface area contributed by atoms with Gasteiger partial charge in [-0.05, 0) is 53.8 Å². The van der Waals surface area contributed by atoms with Gasteiger partial charge in [0.25, 0.3) is 5.91 Å². The number of nitrogens with zero attached hydrogens (tertiary/aromatic N) is 2. The maximum absolute atomic E-state index is 13.8. The van der Waals surface area contributed by atoms with E-state index in [4.69, 9.17) is 11.5 Å². The third kappa shape index (κ3) is 3.74. The van der Waals surface area contributed by atoms with Crippen molar-refractivity contribution in [1.29, 1.82) is 5.26 Å². The molecule has 154 valence electrons. The lowest BCUT2D eigenvalue weighted by Gasteiger charge is -2.36. The van der Waals surface area contributed by atoms with Crippen LogP contribution >= 0.6 is 0 Å². The minimum Gasteiger partial charge on any atom is -0.398 e. The number of rotatable bonds is 5. The second-order valence-electron chi connectivity index (χ2n) is 7.60. The summed E-state index contributed by atoms with van der Waals surface area (Å²) in [6.45, 7) is 0. The number of anilines is 1. The van der Waals surface area contributed by atoms with Crippen LogP contribution in [0.15, 0.2) is 72.8 Å². The zero-order valence-corrected chi connectivity index (χ0v) is 16.9. The van der Waals surface area contributed by atoms with Crippen LogP contribution in [0.5, 0.6) is 0 Å². The van der Waals surface area contributed by atoms with Gasteiger partial charge in [0, 0.05) is 5.69 Å². The SMILES string of the molecule is N#Cc1ccc2c(c1)[C@H](N(C(=O)c1ccccc1N)C(C(N)=O)c1ccccc1)CC2. The normalized spacial score (nSPS) is 15.5. The van der Waals surface area contributed by atoms with Crippen molar-refractivity contribution in [3.63, 3.8) is 0 Å². The lowest BCUT2D eigenvalue weighted by atomic mass is 9.97. The van der Waals surface area contributed by atoms with E-state index >= 15 is 0 Å². The van der Waals surface area contributed by atoms with Gasteiger partial charge in [0.05, 0.1) is 23.2 Å². The first-order valence-corrected chi connectivity index (χ1v) is 10.1. The lowest BCUT2D eigenvalue weighted by molar-refractivity contribution is -0.123. The number of aryl methyl sites for hydroxylation is 1. The quantitative estimate of drug-likeness (QED) is 0.627. The molecule has 2 atom stereocenters. The van der Waals surface area contributed by atoms with Gasteiger partial charge in [0.1, 0.15) is 6.04 Å². The van der Waals surface area contributed by atoms with Crippen molar-refractivity contribution in [2.24, 2.45) is 5.73 Å². The van der Waals surface area contributed by atoms with Crippen molar-refractivity contribution in [2.45, 2.75) is 24.9 Å². The number of fused-ring (bicyclic) bond motifs is 1. The van der Waals surface area contributed by atoms with Gasteiger partial charge in [-0.2, -0.15) is 5.26 Å². The van der Waals surface area contributed by atoms with Crippen LogP contribution in [0.3, 0.4) is 0 Å². The first-order valence-electron chi connectivity index (χ1n) is 10.1. The molecule has 0 radical (unpaired) electrons. The summed E-state index contributed by atoms with van der Waals surface area (Å²) in [6, 6.07) is 22.1. The topological polar surface area (TPSA) is 113 Å². The van der Waals surface area contributed by atoms with Crippen LogP contribution in [0, 0.1) is 11.3 Å². The van der Waals surface area contributed by atoms with Gasteiger partial charge in [-0.25, -0.2) is 0 Å².